The van der Waals surface area contributed by atoms with Gasteiger partial charge >= 0.3 is 0 Å². The number of hydrogen-bond acceptors (Lipinski definition) is 5. The Morgan fingerprint density at radius 2 is 0.881 bits per heavy atom. The minimum Gasteiger partial charge on any atom is -0.290 e. The Hall–Kier alpha value is -8.09. The summed E-state index contributed by atoms with van der Waals surface area (Å²) >= 11 is 0. The van der Waals surface area contributed by atoms with Gasteiger partial charge in [0.25, 0.3) is 0 Å². The molecular weight excluding hydrogens is 721 g/mol. The van der Waals surface area contributed by atoms with Gasteiger partial charge in [0, 0.05) is 28.3 Å². The first-order chi connectivity index (χ1) is 29.3. The highest BCUT2D eigenvalue weighted by atomic mass is 15.1. The third kappa shape index (κ3) is 6.11. The fraction of sp³-hybridized carbons (Fsp3) is 0. The van der Waals surface area contributed by atoms with Gasteiger partial charge in [0.15, 0.2) is 23.3 Å². The summed E-state index contributed by atoms with van der Waals surface area (Å²) in [5.74, 6) is 2.68. The van der Waals surface area contributed by atoms with Crippen LogP contribution in [0.2, 0.25) is 0 Å². The molecule has 276 valence electrons. The molecular formula is C53H34N6. The van der Waals surface area contributed by atoms with E-state index in [2.05, 4.69) is 144 Å². The number of benzene rings is 8. The number of para-hydroxylation sites is 2. The van der Waals surface area contributed by atoms with Gasteiger partial charge < -0.3 is 0 Å². The predicted molar refractivity (Wildman–Crippen MR) is 240 cm³/mol. The van der Waals surface area contributed by atoms with Crippen molar-refractivity contribution in [1.29, 1.82) is 0 Å². The molecule has 0 saturated heterocycles. The minimum absolute atomic E-state index is 0.621. The number of fused-ring (bicyclic) bond motifs is 3. The van der Waals surface area contributed by atoms with E-state index in [1.54, 1.807) is 0 Å². The van der Waals surface area contributed by atoms with E-state index in [9.17, 15) is 0 Å². The van der Waals surface area contributed by atoms with Crippen LogP contribution in [0.25, 0.3) is 106 Å². The van der Waals surface area contributed by atoms with Gasteiger partial charge in [-0.3, -0.25) is 9.55 Å². The van der Waals surface area contributed by atoms with E-state index >= 15 is 0 Å². The zero-order valence-electron chi connectivity index (χ0n) is 31.8. The SMILES string of the molecule is c1ccc(-c2cccc(-c3nc(-c4ccccc4)nc(-c4ccc(-c5ccc(-n6c(-c7ccccn7)nc7ccccc76)c6ccccc56)c5ccccc45)n3)c2)cc1. The molecule has 0 radical (unpaired) electrons. The maximum Gasteiger partial charge on any atom is 0.164 e. The number of pyridine rings is 1. The van der Waals surface area contributed by atoms with Crippen molar-refractivity contribution in [2.45, 2.75) is 0 Å². The number of rotatable bonds is 7. The third-order valence-electron chi connectivity index (χ3n) is 10.9. The Labute approximate surface area is 340 Å². The van der Waals surface area contributed by atoms with Gasteiger partial charge in [-0.15, -0.1) is 0 Å². The first kappa shape index (κ1) is 34.2. The van der Waals surface area contributed by atoms with Gasteiger partial charge in [-0.05, 0) is 80.9 Å². The van der Waals surface area contributed by atoms with Gasteiger partial charge in [0.1, 0.15) is 5.69 Å². The second kappa shape index (κ2) is 14.4. The molecule has 59 heavy (non-hydrogen) atoms. The quantitative estimate of drug-likeness (QED) is 0.162. The molecule has 0 amide bonds. The molecule has 0 fully saturated rings. The van der Waals surface area contributed by atoms with Crippen LogP contribution >= 0.6 is 0 Å². The van der Waals surface area contributed by atoms with Crippen molar-refractivity contribution in [3.05, 3.63) is 206 Å². The summed E-state index contributed by atoms with van der Waals surface area (Å²) in [6.07, 6.45) is 1.82. The molecule has 11 rings (SSSR count). The summed E-state index contributed by atoms with van der Waals surface area (Å²) in [5, 5.41) is 4.43. The Morgan fingerprint density at radius 1 is 0.339 bits per heavy atom. The highest BCUT2D eigenvalue weighted by Crippen LogP contribution is 2.41. The molecule has 6 heteroatoms. The van der Waals surface area contributed by atoms with Gasteiger partial charge in [-0.25, -0.2) is 19.9 Å². The Bertz CT molecular complexity index is 3320. The van der Waals surface area contributed by atoms with Gasteiger partial charge in [-0.1, -0.05) is 158 Å². The fourth-order valence-corrected chi connectivity index (χ4v) is 8.19. The van der Waals surface area contributed by atoms with Crippen molar-refractivity contribution in [3.63, 3.8) is 0 Å². The molecule has 0 bridgehead atoms. The molecule has 6 nitrogen and oxygen atoms in total. The van der Waals surface area contributed by atoms with Crippen molar-refractivity contribution in [3.8, 4) is 73.6 Å². The largest absolute Gasteiger partial charge is 0.290 e. The summed E-state index contributed by atoms with van der Waals surface area (Å²) in [7, 11) is 0. The van der Waals surface area contributed by atoms with Gasteiger partial charge in [-0.2, -0.15) is 0 Å². The number of imidazole rings is 1. The molecule has 0 atom stereocenters. The smallest absolute Gasteiger partial charge is 0.164 e. The van der Waals surface area contributed by atoms with Crippen molar-refractivity contribution in [2.75, 3.05) is 0 Å². The predicted octanol–water partition coefficient (Wildman–Crippen LogP) is 12.9. The first-order valence-electron chi connectivity index (χ1n) is 19.7. The number of nitrogens with zero attached hydrogens (tertiary/aromatic N) is 6. The standard InChI is InChI=1S/C53H34N6/c1-3-16-35(17-4-1)37-20-15-21-38(34-37)51-56-50(36-18-5-2-6-19-36)57-52(58-51)45-30-29-42(39-22-7-8-24-41(39)45)43-31-32-48(44-25-10-9-23-40(43)44)59-49-28-12-11-26-46(49)55-53(59)47-27-13-14-33-54-47/h1-34H. The first-order valence-corrected chi connectivity index (χ1v) is 19.7. The van der Waals surface area contributed by atoms with Crippen LogP contribution < -0.4 is 0 Å². The van der Waals surface area contributed by atoms with Crippen LogP contribution in [0.3, 0.4) is 0 Å². The Balaban J connectivity index is 1.08. The normalized spacial score (nSPS) is 11.4. The number of aromatic nitrogens is 6. The monoisotopic (exact) mass is 754 g/mol. The zero-order chi connectivity index (χ0) is 39.1. The zero-order valence-corrected chi connectivity index (χ0v) is 31.8. The maximum atomic E-state index is 5.20. The lowest BCUT2D eigenvalue weighted by molar-refractivity contribution is 1.08. The van der Waals surface area contributed by atoms with Crippen molar-refractivity contribution in [1.82, 2.24) is 29.5 Å². The van der Waals surface area contributed by atoms with E-state index in [1.165, 1.54) is 0 Å². The van der Waals surface area contributed by atoms with E-state index < -0.39 is 0 Å². The molecule has 0 spiro atoms. The highest BCUT2D eigenvalue weighted by molar-refractivity contribution is 6.11. The van der Waals surface area contributed by atoms with Crippen LogP contribution in [0.5, 0.6) is 0 Å². The third-order valence-corrected chi connectivity index (χ3v) is 10.9. The maximum absolute atomic E-state index is 5.20. The lowest BCUT2D eigenvalue weighted by atomic mass is 9.91. The topological polar surface area (TPSA) is 69.4 Å². The molecule has 8 aromatic carbocycles. The van der Waals surface area contributed by atoms with E-state index in [0.29, 0.717) is 17.5 Å². The lowest BCUT2D eigenvalue weighted by Gasteiger charge is -2.17. The average Bonchev–Trinajstić information content (AvgIpc) is 3.71. The van der Waals surface area contributed by atoms with E-state index in [4.69, 9.17) is 24.9 Å². The summed E-state index contributed by atoms with van der Waals surface area (Å²) < 4.78 is 2.24. The summed E-state index contributed by atoms with van der Waals surface area (Å²) in [5.41, 5.74) is 11.1. The fourth-order valence-electron chi connectivity index (χ4n) is 8.19. The van der Waals surface area contributed by atoms with Crippen molar-refractivity contribution >= 4 is 32.6 Å². The van der Waals surface area contributed by atoms with Crippen LogP contribution in [0.4, 0.5) is 0 Å². The molecule has 0 unspecified atom stereocenters. The second-order valence-electron chi connectivity index (χ2n) is 14.5. The summed E-state index contributed by atoms with van der Waals surface area (Å²) in [6.45, 7) is 0. The minimum atomic E-state index is 0.621. The average molecular weight is 755 g/mol. The van der Waals surface area contributed by atoms with Crippen LogP contribution in [-0.4, -0.2) is 29.5 Å². The van der Waals surface area contributed by atoms with Crippen LogP contribution in [-0.2, 0) is 0 Å². The molecule has 0 aliphatic carbocycles. The van der Waals surface area contributed by atoms with E-state index in [-0.39, 0.29) is 0 Å². The molecule has 11 aromatic rings. The van der Waals surface area contributed by atoms with Crippen LogP contribution in [0, 0.1) is 0 Å². The molecule has 0 N–H and O–H groups in total. The Kier molecular flexibility index (Phi) is 8.37. The highest BCUT2D eigenvalue weighted by Gasteiger charge is 2.20. The summed E-state index contributed by atoms with van der Waals surface area (Å²) in [4.78, 5) is 25.2. The molecule has 0 saturated carbocycles. The van der Waals surface area contributed by atoms with Crippen molar-refractivity contribution < 1.29 is 0 Å². The van der Waals surface area contributed by atoms with Crippen molar-refractivity contribution in [2.24, 2.45) is 0 Å². The van der Waals surface area contributed by atoms with Gasteiger partial charge in [0.2, 0.25) is 0 Å². The van der Waals surface area contributed by atoms with Crippen LogP contribution in [0.15, 0.2) is 206 Å². The molecule has 0 aliphatic rings. The van der Waals surface area contributed by atoms with E-state index in [0.717, 1.165) is 88.7 Å². The van der Waals surface area contributed by atoms with Crippen LogP contribution in [0.1, 0.15) is 0 Å². The molecule has 3 aromatic heterocycles. The molecule has 3 heterocycles. The lowest BCUT2D eigenvalue weighted by Crippen LogP contribution is -2.01. The second-order valence-corrected chi connectivity index (χ2v) is 14.5. The number of hydrogen-bond donors (Lipinski definition) is 0. The van der Waals surface area contributed by atoms with E-state index in [1.807, 2.05) is 66.9 Å². The van der Waals surface area contributed by atoms with Gasteiger partial charge in [0.05, 0.1) is 16.7 Å². The summed E-state index contributed by atoms with van der Waals surface area (Å²) in [6, 6.07) is 69.2. The Morgan fingerprint density at radius 3 is 1.63 bits per heavy atom. The molecule has 0 aliphatic heterocycles.